The molecule has 0 aliphatic heterocycles. The molecule has 0 bridgehead atoms. The Kier molecular flexibility index (Phi) is 4.89. The van der Waals surface area contributed by atoms with Crippen molar-refractivity contribution in [1.29, 1.82) is 0 Å². The van der Waals surface area contributed by atoms with Crippen molar-refractivity contribution in [2.24, 2.45) is 0 Å². The van der Waals surface area contributed by atoms with Crippen molar-refractivity contribution in [2.45, 2.75) is 26.3 Å². The Morgan fingerprint density at radius 1 is 1.00 bits per heavy atom. The highest BCUT2D eigenvalue weighted by molar-refractivity contribution is 5.92. The van der Waals surface area contributed by atoms with E-state index in [1.807, 2.05) is 70.1 Å². The Morgan fingerprint density at radius 2 is 1.61 bits per heavy atom. The average Bonchev–Trinajstić information content (AvgIpc) is 2.46. The van der Waals surface area contributed by atoms with Gasteiger partial charge in [-0.1, -0.05) is 0 Å². The first-order chi connectivity index (χ1) is 10.7. The second-order valence-electron chi connectivity index (χ2n) is 6.70. The molecule has 23 heavy (non-hydrogen) atoms. The molecule has 5 nitrogen and oxygen atoms in total. The molecule has 2 N–H and O–H groups in total. The molecule has 5 heteroatoms. The van der Waals surface area contributed by atoms with Gasteiger partial charge in [-0.15, -0.1) is 0 Å². The van der Waals surface area contributed by atoms with E-state index in [4.69, 9.17) is 0 Å². The van der Waals surface area contributed by atoms with E-state index in [0.29, 0.717) is 5.69 Å². The molecule has 1 aromatic carbocycles. The van der Waals surface area contributed by atoms with Gasteiger partial charge in [-0.3, -0.25) is 4.79 Å². The molecule has 1 amide bonds. The normalized spacial score (nSPS) is 11.0. The first kappa shape index (κ1) is 16.8. The monoisotopic (exact) mass is 312 g/mol. The molecule has 0 saturated heterocycles. The molecule has 1 heterocycles. The van der Waals surface area contributed by atoms with Crippen LogP contribution in [0.3, 0.4) is 0 Å². The van der Waals surface area contributed by atoms with Crippen molar-refractivity contribution in [1.82, 2.24) is 10.3 Å². The molecule has 0 spiro atoms. The molecular weight excluding hydrogens is 288 g/mol. The maximum absolute atomic E-state index is 12.0. The van der Waals surface area contributed by atoms with Crippen LogP contribution in [-0.4, -0.2) is 30.5 Å². The number of benzene rings is 1. The van der Waals surface area contributed by atoms with Gasteiger partial charge < -0.3 is 15.5 Å². The summed E-state index contributed by atoms with van der Waals surface area (Å²) in [6.45, 7) is 5.83. The van der Waals surface area contributed by atoms with E-state index >= 15 is 0 Å². The smallest absolute Gasteiger partial charge is 0.270 e. The minimum atomic E-state index is -0.274. The molecule has 122 valence electrons. The lowest BCUT2D eigenvalue weighted by molar-refractivity contribution is 0.0914. The van der Waals surface area contributed by atoms with Gasteiger partial charge in [-0.05, 0) is 57.2 Å². The maximum atomic E-state index is 12.0. The van der Waals surface area contributed by atoms with E-state index in [0.717, 1.165) is 17.1 Å². The number of nitrogens with zero attached hydrogens (tertiary/aromatic N) is 2. The van der Waals surface area contributed by atoms with Crippen molar-refractivity contribution in [3.05, 3.63) is 48.3 Å². The second-order valence-corrected chi connectivity index (χ2v) is 6.70. The van der Waals surface area contributed by atoms with Crippen LogP contribution in [0.5, 0.6) is 0 Å². The predicted molar refractivity (Wildman–Crippen MR) is 95.5 cm³/mol. The predicted octanol–water partition coefficient (Wildman–Crippen LogP) is 3.42. The first-order valence-electron chi connectivity index (χ1n) is 7.57. The summed E-state index contributed by atoms with van der Waals surface area (Å²) in [5.41, 5.74) is 3.10. The molecule has 0 aliphatic carbocycles. The highest BCUT2D eigenvalue weighted by Crippen LogP contribution is 2.19. The molecule has 0 unspecified atom stereocenters. The van der Waals surface area contributed by atoms with E-state index in [-0.39, 0.29) is 11.4 Å². The summed E-state index contributed by atoms with van der Waals surface area (Å²) >= 11 is 0. The summed E-state index contributed by atoms with van der Waals surface area (Å²) in [4.78, 5) is 18.3. The highest BCUT2D eigenvalue weighted by Gasteiger charge is 2.15. The Morgan fingerprint density at radius 3 is 2.09 bits per heavy atom. The van der Waals surface area contributed by atoms with Crippen molar-refractivity contribution in [2.75, 3.05) is 24.3 Å². The fraction of sp³-hybridized carbons (Fsp3) is 0.333. The van der Waals surface area contributed by atoms with Crippen molar-refractivity contribution >= 4 is 23.0 Å². The summed E-state index contributed by atoms with van der Waals surface area (Å²) in [6.07, 6.45) is 1.66. The number of pyridine rings is 1. The van der Waals surface area contributed by atoms with Gasteiger partial charge in [0.15, 0.2) is 0 Å². The van der Waals surface area contributed by atoms with Gasteiger partial charge >= 0.3 is 0 Å². The number of amides is 1. The number of hydrogen-bond donors (Lipinski definition) is 2. The van der Waals surface area contributed by atoms with Gasteiger partial charge in [0.25, 0.3) is 5.91 Å². The molecular formula is C18H24N4O. The summed E-state index contributed by atoms with van der Waals surface area (Å²) in [7, 11) is 4.02. The quantitative estimate of drug-likeness (QED) is 0.908. The maximum Gasteiger partial charge on any atom is 0.270 e. The van der Waals surface area contributed by atoms with Gasteiger partial charge in [0.2, 0.25) is 0 Å². The molecule has 0 saturated carbocycles. The van der Waals surface area contributed by atoms with Gasteiger partial charge in [-0.25, -0.2) is 4.98 Å². The van der Waals surface area contributed by atoms with Gasteiger partial charge in [0.1, 0.15) is 5.69 Å². The first-order valence-corrected chi connectivity index (χ1v) is 7.57. The van der Waals surface area contributed by atoms with E-state index < -0.39 is 0 Å². The summed E-state index contributed by atoms with van der Waals surface area (Å²) in [5, 5.41) is 6.17. The fourth-order valence-corrected chi connectivity index (χ4v) is 2.02. The standard InChI is InChI=1S/C18H24N4O/c1-18(2,3)21-17(23)16-11-8-14(12-19-16)20-13-6-9-15(10-7-13)22(4)5/h6-12,20H,1-5H3,(H,21,23). The second kappa shape index (κ2) is 6.69. The molecule has 0 aliphatic rings. The van der Waals surface area contributed by atoms with Crippen molar-refractivity contribution < 1.29 is 4.79 Å². The van der Waals surface area contributed by atoms with Gasteiger partial charge in [0.05, 0.1) is 11.9 Å². The van der Waals surface area contributed by atoms with E-state index in [2.05, 4.69) is 15.6 Å². The van der Waals surface area contributed by atoms with Crippen LogP contribution in [0, 0.1) is 0 Å². The van der Waals surface area contributed by atoms with Crippen LogP contribution in [0.4, 0.5) is 17.1 Å². The van der Waals surface area contributed by atoms with Crippen molar-refractivity contribution in [3.63, 3.8) is 0 Å². The van der Waals surface area contributed by atoms with Crippen LogP contribution < -0.4 is 15.5 Å². The minimum Gasteiger partial charge on any atom is -0.378 e. The highest BCUT2D eigenvalue weighted by atomic mass is 16.2. The molecule has 2 aromatic rings. The summed E-state index contributed by atoms with van der Waals surface area (Å²) in [6, 6.07) is 11.7. The molecule has 0 radical (unpaired) electrons. The fourth-order valence-electron chi connectivity index (χ4n) is 2.02. The molecule has 1 aromatic heterocycles. The lowest BCUT2D eigenvalue weighted by atomic mass is 10.1. The number of anilines is 3. The minimum absolute atomic E-state index is 0.167. The molecule has 0 atom stereocenters. The van der Waals surface area contributed by atoms with Crippen LogP contribution >= 0.6 is 0 Å². The number of hydrogen-bond acceptors (Lipinski definition) is 4. The Bertz CT molecular complexity index is 655. The molecule has 2 rings (SSSR count). The van der Waals surface area contributed by atoms with Crippen LogP contribution in [0.2, 0.25) is 0 Å². The number of carbonyl (C=O) groups excluding carboxylic acids is 1. The van der Waals surface area contributed by atoms with Gasteiger partial charge in [0, 0.05) is 31.0 Å². The van der Waals surface area contributed by atoms with E-state index in [9.17, 15) is 4.79 Å². The number of carbonyl (C=O) groups is 1. The van der Waals surface area contributed by atoms with E-state index in [1.54, 1.807) is 12.3 Å². The van der Waals surface area contributed by atoms with E-state index in [1.165, 1.54) is 0 Å². The lowest BCUT2D eigenvalue weighted by Crippen LogP contribution is -2.40. The third kappa shape index (κ3) is 4.98. The van der Waals surface area contributed by atoms with Crippen LogP contribution in [0.15, 0.2) is 42.6 Å². The Labute approximate surface area is 137 Å². The Balaban J connectivity index is 2.03. The summed E-state index contributed by atoms with van der Waals surface area (Å²) in [5.74, 6) is -0.167. The largest absolute Gasteiger partial charge is 0.378 e. The zero-order valence-corrected chi connectivity index (χ0v) is 14.3. The van der Waals surface area contributed by atoms with Crippen molar-refractivity contribution in [3.8, 4) is 0 Å². The lowest BCUT2D eigenvalue weighted by Gasteiger charge is -2.20. The van der Waals surface area contributed by atoms with Crippen LogP contribution in [0.1, 0.15) is 31.3 Å². The number of rotatable bonds is 4. The average molecular weight is 312 g/mol. The topological polar surface area (TPSA) is 57.3 Å². The van der Waals surface area contributed by atoms with Gasteiger partial charge in [-0.2, -0.15) is 0 Å². The third-order valence-electron chi connectivity index (χ3n) is 3.16. The van der Waals surface area contributed by atoms with Crippen LogP contribution in [-0.2, 0) is 0 Å². The number of aromatic nitrogens is 1. The zero-order chi connectivity index (χ0) is 17.0. The zero-order valence-electron chi connectivity index (χ0n) is 14.3. The summed E-state index contributed by atoms with van der Waals surface area (Å²) < 4.78 is 0. The SMILES string of the molecule is CN(C)c1ccc(Nc2ccc(C(=O)NC(C)(C)C)nc2)cc1. The van der Waals surface area contributed by atoms with Crippen LogP contribution in [0.25, 0.3) is 0 Å². The molecule has 0 fully saturated rings. The Hall–Kier alpha value is -2.56. The number of nitrogens with one attached hydrogen (secondary N) is 2. The third-order valence-corrected chi connectivity index (χ3v) is 3.16.